The fraction of sp³-hybridized carbons (Fsp3) is 0.500. The van der Waals surface area contributed by atoms with Crippen LogP contribution in [0.4, 0.5) is 0 Å². The molecule has 5 nitrogen and oxygen atoms in total. The van der Waals surface area contributed by atoms with Crippen LogP contribution in [-0.4, -0.2) is 40.9 Å². The van der Waals surface area contributed by atoms with Crippen molar-refractivity contribution in [3.05, 3.63) is 42.2 Å². The molecule has 1 aliphatic heterocycles. The molecule has 1 unspecified atom stereocenters. The number of nitrogens with zero attached hydrogens (tertiary/aromatic N) is 3. The van der Waals surface area contributed by atoms with E-state index in [4.69, 9.17) is 10.5 Å². The van der Waals surface area contributed by atoms with Crippen LogP contribution in [0.25, 0.3) is 5.69 Å². The number of likely N-dealkylation sites (tertiary alicyclic amines) is 1. The molecule has 2 N–H and O–H groups in total. The molecule has 0 spiro atoms. The quantitative estimate of drug-likeness (QED) is 0.921. The zero-order valence-electron chi connectivity index (χ0n) is 14.0. The van der Waals surface area contributed by atoms with Crippen molar-refractivity contribution in [2.24, 2.45) is 11.7 Å². The first-order valence-electron chi connectivity index (χ1n) is 8.33. The number of hydrogen-bond donors (Lipinski definition) is 1. The van der Waals surface area contributed by atoms with E-state index in [1.54, 1.807) is 7.11 Å². The first-order chi connectivity index (χ1) is 11.2. The molecule has 1 aliphatic rings. The minimum atomic E-state index is 0.302. The summed E-state index contributed by atoms with van der Waals surface area (Å²) in [5, 5.41) is 4.49. The van der Waals surface area contributed by atoms with Gasteiger partial charge >= 0.3 is 0 Å². The second-order valence-corrected chi connectivity index (χ2v) is 6.38. The molecule has 1 saturated heterocycles. The molecule has 5 heteroatoms. The van der Waals surface area contributed by atoms with Crippen molar-refractivity contribution in [2.45, 2.75) is 32.4 Å². The van der Waals surface area contributed by atoms with E-state index in [0.717, 1.165) is 31.1 Å². The summed E-state index contributed by atoms with van der Waals surface area (Å²) >= 11 is 0. The molecule has 1 aromatic carbocycles. The number of nitrogens with two attached hydrogens (primary N) is 1. The molecule has 2 heterocycles. The van der Waals surface area contributed by atoms with Crippen LogP contribution in [0.3, 0.4) is 0 Å². The Morgan fingerprint density at radius 2 is 2.00 bits per heavy atom. The summed E-state index contributed by atoms with van der Waals surface area (Å²) in [6.45, 7) is 5.23. The van der Waals surface area contributed by atoms with Gasteiger partial charge < -0.3 is 10.5 Å². The Balaban J connectivity index is 1.72. The van der Waals surface area contributed by atoms with Crippen molar-refractivity contribution in [3.8, 4) is 11.4 Å². The fourth-order valence-electron chi connectivity index (χ4n) is 3.34. The van der Waals surface area contributed by atoms with Crippen molar-refractivity contribution >= 4 is 0 Å². The van der Waals surface area contributed by atoms with Gasteiger partial charge in [0.25, 0.3) is 0 Å². The third-order valence-corrected chi connectivity index (χ3v) is 4.80. The number of methoxy groups -OCH3 is 1. The molecule has 0 amide bonds. The maximum atomic E-state index is 6.03. The molecule has 1 atom stereocenters. The predicted molar refractivity (Wildman–Crippen MR) is 91.8 cm³/mol. The Kier molecular flexibility index (Phi) is 4.98. The predicted octanol–water partition coefficient (Wildman–Crippen LogP) is 2.44. The summed E-state index contributed by atoms with van der Waals surface area (Å²) in [5.74, 6) is 1.50. The molecule has 1 aromatic heterocycles. The Hall–Kier alpha value is -1.85. The summed E-state index contributed by atoms with van der Waals surface area (Å²) in [7, 11) is 1.70. The van der Waals surface area contributed by atoms with Gasteiger partial charge in [-0.15, -0.1) is 0 Å². The van der Waals surface area contributed by atoms with E-state index < -0.39 is 0 Å². The lowest BCUT2D eigenvalue weighted by atomic mass is 9.91. The monoisotopic (exact) mass is 314 g/mol. The Bertz CT molecular complexity index is 629. The molecule has 124 valence electrons. The van der Waals surface area contributed by atoms with Crippen LogP contribution >= 0.6 is 0 Å². The molecule has 0 aliphatic carbocycles. The van der Waals surface area contributed by atoms with E-state index in [-0.39, 0.29) is 0 Å². The van der Waals surface area contributed by atoms with Gasteiger partial charge in [0.2, 0.25) is 0 Å². The number of rotatable bonds is 5. The van der Waals surface area contributed by atoms with Gasteiger partial charge in [-0.05, 0) is 57.0 Å². The van der Waals surface area contributed by atoms with Crippen molar-refractivity contribution < 1.29 is 4.74 Å². The van der Waals surface area contributed by atoms with Crippen LogP contribution in [0, 0.1) is 5.92 Å². The van der Waals surface area contributed by atoms with Gasteiger partial charge in [0.1, 0.15) is 11.4 Å². The fourth-order valence-corrected chi connectivity index (χ4v) is 3.34. The number of hydrogen-bond acceptors (Lipinski definition) is 4. The first-order valence-corrected chi connectivity index (χ1v) is 8.33. The summed E-state index contributed by atoms with van der Waals surface area (Å²) in [6, 6.07) is 10.4. The van der Waals surface area contributed by atoms with Gasteiger partial charge in [-0.3, -0.25) is 4.90 Å². The highest BCUT2D eigenvalue weighted by Crippen LogP contribution is 2.25. The van der Waals surface area contributed by atoms with E-state index in [1.165, 1.54) is 18.5 Å². The zero-order valence-corrected chi connectivity index (χ0v) is 14.0. The number of benzene rings is 1. The van der Waals surface area contributed by atoms with Gasteiger partial charge in [-0.1, -0.05) is 12.1 Å². The first kappa shape index (κ1) is 16.0. The van der Waals surface area contributed by atoms with Crippen LogP contribution in [0.5, 0.6) is 5.75 Å². The number of para-hydroxylation sites is 2. The lowest BCUT2D eigenvalue weighted by Gasteiger charge is -2.33. The largest absolute Gasteiger partial charge is 0.494 e. The third kappa shape index (κ3) is 3.57. The highest BCUT2D eigenvalue weighted by molar-refractivity contribution is 5.46. The van der Waals surface area contributed by atoms with E-state index in [1.807, 2.05) is 35.1 Å². The smallest absolute Gasteiger partial charge is 0.144 e. The van der Waals surface area contributed by atoms with Crippen LogP contribution in [0.2, 0.25) is 0 Å². The van der Waals surface area contributed by atoms with Crippen LogP contribution in [0.1, 0.15) is 25.5 Å². The Morgan fingerprint density at radius 3 is 2.70 bits per heavy atom. The van der Waals surface area contributed by atoms with E-state index >= 15 is 0 Å². The van der Waals surface area contributed by atoms with Crippen molar-refractivity contribution in [2.75, 3.05) is 20.2 Å². The van der Waals surface area contributed by atoms with Crippen LogP contribution < -0.4 is 10.5 Å². The van der Waals surface area contributed by atoms with Gasteiger partial charge in [0.05, 0.1) is 12.8 Å². The number of piperidine rings is 1. The minimum Gasteiger partial charge on any atom is -0.494 e. The average molecular weight is 314 g/mol. The molecule has 23 heavy (non-hydrogen) atoms. The van der Waals surface area contributed by atoms with Gasteiger partial charge in [-0.2, -0.15) is 5.10 Å². The second kappa shape index (κ2) is 7.15. The molecule has 0 bridgehead atoms. The molecule has 1 fully saturated rings. The molecular weight excluding hydrogens is 288 g/mol. The normalized spacial score (nSPS) is 18.0. The van der Waals surface area contributed by atoms with E-state index in [9.17, 15) is 0 Å². The minimum absolute atomic E-state index is 0.302. The number of ether oxygens (including phenoxy) is 1. The lowest BCUT2D eigenvalue weighted by molar-refractivity contribution is 0.163. The highest BCUT2D eigenvalue weighted by atomic mass is 16.5. The average Bonchev–Trinajstić information content (AvgIpc) is 3.03. The third-order valence-electron chi connectivity index (χ3n) is 4.80. The maximum absolute atomic E-state index is 6.03. The summed E-state index contributed by atoms with van der Waals surface area (Å²) < 4.78 is 7.45. The zero-order chi connectivity index (χ0) is 16.2. The standard InChI is InChI=1S/C18H26N4O/c1-14(19)15-8-11-21(12-9-15)13-16-7-10-20-22(16)17-5-3-4-6-18(17)23-2/h3-7,10,14-15H,8-9,11-13,19H2,1-2H3. The SMILES string of the molecule is COc1ccccc1-n1nccc1CN1CCC(C(C)N)CC1. The maximum Gasteiger partial charge on any atom is 0.144 e. The van der Waals surface area contributed by atoms with Crippen molar-refractivity contribution in [1.29, 1.82) is 0 Å². The topological polar surface area (TPSA) is 56.3 Å². The number of aromatic nitrogens is 2. The Labute approximate surface area is 138 Å². The summed E-state index contributed by atoms with van der Waals surface area (Å²) in [5.41, 5.74) is 8.21. The van der Waals surface area contributed by atoms with Crippen molar-refractivity contribution in [3.63, 3.8) is 0 Å². The van der Waals surface area contributed by atoms with Crippen molar-refractivity contribution in [1.82, 2.24) is 14.7 Å². The van der Waals surface area contributed by atoms with Gasteiger partial charge in [0.15, 0.2) is 0 Å². The van der Waals surface area contributed by atoms with Crippen LogP contribution in [0.15, 0.2) is 36.5 Å². The summed E-state index contributed by atoms with van der Waals surface area (Å²) in [6.07, 6.45) is 4.22. The van der Waals surface area contributed by atoms with Crippen LogP contribution in [-0.2, 0) is 6.54 Å². The van der Waals surface area contributed by atoms with Gasteiger partial charge in [0, 0.05) is 18.8 Å². The Morgan fingerprint density at radius 1 is 1.26 bits per heavy atom. The molecule has 0 saturated carbocycles. The molecule has 2 aromatic rings. The molecular formula is C18H26N4O. The molecule has 3 rings (SSSR count). The van der Waals surface area contributed by atoms with Gasteiger partial charge in [-0.25, -0.2) is 4.68 Å². The summed E-state index contributed by atoms with van der Waals surface area (Å²) in [4.78, 5) is 2.49. The van der Waals surface area contributed by atoms with E-state index in [0.29, 0.717) is 12.0 Å². The van der Waals surface area contributed by atoms with E-state index in [2.05, 4.69) is 23.0 Å². The second-order valence-electron chi connectivity index (χ2n) is 6.38. The molecule has 0 radical (unpaired) electrons. The highest BCUT2D eigenvalue weighted by Gasteiger charge is 2.22. The lowest BCUT2D eigenvalue weighted by Crippen LogP contribution is -2.39.